The van der Waals surface area contributed by atoms with Crippen molar-refractivity contribution in [1.82, 2.24) is 15.2 Å². The average Bonchev–Trinajstić information content (AvgIpc) is 3.32. The van der Waals surface area contributed by atoms with Gasteiger partial charge in [-0.3, -0.25) is 9.69 Å². The Labute approximate surface area is 156 Å². The molecule has 26 heavy (non-hydrogen) atoms. The van der Waals surface area contributed by atoms with Crippen LogP contribution in [0.25, 0.3) is 11.0 Å². The monoisotopic (exact) mass is 370 g/mol. The summed E-state index contributed by atoms with van der Waals surface area (Å²) in [6.07, 6.45) is 1.83. The van der Waals surface area contributed by atoms with E-state index in [0.29, 0.717) is 6.54 Å². The summed E-state index contributed by atoms with van der Waals surface area (Å²) in [4.78, 5) is 21.2. The minimum absolute atomic E-state index is 0.0284. The molecule has 1 amide bonds. The summed E-state index contributed by atoms with van der Waals surface area (Å²) in [5, 5.41) is 7.16. The molecule has 0 radical (unpaired) electrons. The van der Waals surface area contributed by atoms with Crippen LogP contribution in [0.1, 0.15) is 18.7 Å². The highest BCUT2D eigenvalue weighted by molar-refractivity contribution is 7.13. The van der Waals surface area contributed by atoms with Crippen molar-refractivity contribution in [2.24, 2.45) is 0 Å². The SMILES string of the molecule is CC(NC(=O)CN1CCN(c2nccs2)CC1)c1cc2ccccc2o1. The van der Waals surface area contributed by atoms with E-state index in [2.05, 4.69) is 20.1 Å². The van der Waals surface area contributed by atoms with Crippen molar-refractivity contribution < 1.29 is 9.21 Å². The number of fused-ring (bicyclic) bond motifs is 1. The number of carbonyl (C=O) groups is 1. The molecule has 1 saturated heterocycles. The van der Waals surface area contributed by atoms with E-state index in [4.69, 9.17) is 4.42 Å². The predicted octanol–water partition coefficient (Wildman–Crippen LogP) is 2.89. The Morgan fingerprint density at radius 1 is 1.31 bits per heavy atom. The van der Waals surface area contributed by atoms with Crippen molar-refractivity contribution >= 4 is 33.3 Å². The van der Waals surface area contributed by atoms with Crippen LogP contribution in [0.3, 0.4) is 0 Å². The highest BCUT2D eigenvalue weighted by atomic mass is 32.1. The van der Waals surface area contributed by atoms with Gasteiger partial charge in [-0.05, 0) is 19.1 Å². The minimum Gasteiger partial charge on any atom is -0.459 e. The first-order chi connectivity index (χ1) is 12.7. The normalized spacial score (nSPS) is 16.7. The van der Waals surface area contributed by atoms with Gasteiger partial charge in [0.05, 0.1) is 12.6 Å². The van der Waals surface area contributed by atoms with Crippen LogP contribution in [0.15, 0.2) is 46.3 Å². The number of benzene rings is 1. The number of para-hydroxylation sites is 1. The van der Waals surface area contributed by atoms with E-state index in [-0.39, 0.29) is 11.9 Å². The lowest BCUT2D eigenvalue weighted by atomic mass is 10.2. The Kier molecular flexibility index (Phi) is 4.90. The van der Waals surface area contributed by atoms with E-state index in [9.17, 15) is 4.79 Å². The van der Waals surface area contributed by atoms with Crippen LogP contribution >= 0.6 is 11.3 Å². The third kappa shape index (κ3) is 3.73. The van der Waals surface area contributed by atoms with E-state index in [1.165, 1.54) is 0 Å². The van der Waals surface area contributed by atoms with Crippen LogP contribution in [0.2, 0.25) is 0 Å². The van der Waals surface area contributed by atoms with Crippen molar-refractivity contribution in [2.45, 2.75) is 13.0 Å². The highest BCUT2D eigenvalue weighted by Crippen LogP contribution is 2.23. The third-order valence-corrected chi connectivity index (χ3v) is 5.51. The molecule has 1 N–H and O–H groups in total. The fourth-order valence-corrected chi connectivity index (χ4v) is 3.94. The molecule has 4 rings (SSSR count). The average molecular weight is 370 g/mol. The Balaban J connectivity index is 1.28. The Morgan fingerprint density at radius 3 is 2.85 bits per heavy atom. The highest BCUT2D eigenvalue weighted by Gasteiger charge is 2.21. The van der Waals surface area contributed by atoms with Crippen LogP contribution in [0, 0.1) is 0 Å². The standard InChI is InChI=1S/C19H22N4O2S/c1-14(17-12-15-4-2-3-5-16(15)25-17)21-18(24)13-22-7-9-23(10-8-22)19-20-6-11-26-19/h2-6,11-12,14H,7-10,13H2,1H3,(H,21,24). The number of furan rings is 1. The van der Waals surface area contributed by atoms with Gasteiger partial charge in [0.1, 0.15) is 11.3 Å². The Hall–Kier alpha value is -2.38. The number of nitrogens with zero attached hydrogens (tertiary/aromatic N) is 3. The lowest BCUT2D eigenvalue weighted by molar-refractivity contribution is -0.123. The van der Waals surface area contributed by atoms with Gasteiger partial charge in [0.15, 0.2) is 5.13 Å². The van der Waals surface area contributed by atoms with Crippen LogP contribution in [-0.4, -0.2) is 48.5 Å². The van der Waals surface area contributed by atoms with Gasteiger partial charge < -0.3 is 14.6 Å². The number of piperazine rings is 1. The number of rotatable bonds is 5. The molecule has 1 unspecified atom stereocenters. The third-order valence-electron chi connectivity index (χ3n) is 4.68. The summed E-state index contributed by atoms with van der Waals surface area (Å²) < 4.78 is 5.84. The zero-order valence-electron chi connectivity index (χ0n) is 14.7. The quantitative estimate of drug-likeness (QED) is 0.748. The van der Waals surface area contributed by atoms with Crippen LogP contribution in [0.4, 0.5) is 5.13 Å². The summed E-state index contributed by atoms with van der Waals surface area (Å²) >= 11 is 1.66. The van der Waals surface area contributed by atoms with Gasteiger partial charge in [0.2, 0.25) is 5.91 Å². The van der Waals surface area contributed by atoms with Gasteiger partial charge >= 0.3 is 0 Å². The summed E-state index contributed by atoms with van der Waals surface area (Å²) in [6, 6.07) is 9.73. The number of aromatic nitrogens is 1. The van der Waals surface area contributed by atoms with Gasteiger partial charge in [-0.2, -0.15) is 0 Å². The molecule has 6 nitrogen and oxygen atoms in total. The number of carbonyl (C=O) groups excluding carboxylic acids is 1. The van der Waals surface area contributed by atoms with Gasteiger partial charge in [-0.1, -0.05) is 18.2 Å². The summed E-state index contributed by atoms with van der Waals surface area (Å²) in [7, 11) is 0. The molecule has 1 aliphatic rings. The number of anilines is 1. The van der Waals surface area contributed by atoms with Gasteiger partial charge in [0.25, 0.3) is 0 Å². The Morgan fingerprint density at radius 2 is 2.12 bits per heavy atom. The molecule has 7 heteroatoms. The number of thiazole rings is 1. The van der Waals surface area contributed by atoms with Crippen molar-refractivity contribution in [1.29, 1.82) is 0 Å². The predicted molar refractivity (Wildman–Crippen MR) is 104 cm³/mol. The van der Waals surface area contributed by atoms with Crippen LogP contribution in [0.5, 0.6) is 0 Å². The van der Waals surface area contributed by atoms with E-state index in [1.807, 2.05) is 48.8 Å². The maximum absolute atomic E-state index is 12.4. The van der Waals surface area contributed by atoms with Crippen molar-refractivity contribution in [3.8, 4) is 0 Å². The van der Waals surface area contributed by atoms with E-state index < -0.39 is 0 Å². The molecule has 1 aliphatic heterocycles. The lowest BCUT2D eigenvalue weighted by Crippen LogP contribution is -2.49. The zero-order valence-corrected chi connectivity index (χ0v) is 15.5. The fourth-order valence-electron chi connectivity index (χ4n) is 3.25. The largest absolute Gasteiger partial charge is 0.459 e. The molecule has 0 spiro atoms. The Bertz CT molecular complexity index is 836. The number of hydrogen-bond acceptors (Lipinski definition) is 6. The van der Waals surface area contributed by atoms with Crippen LogP contribution in [-0.2, 0) is 4.79 Å². The summed E-state index contributed by atoms with van der Waals surface area (Å²) in [5.41, 5.74) is 0.849. The molecule has 1 aromatic carbocycles. The van der Waals surface area contributed by atoms with Crippen molar-refractivity contribution in [2.75, 3.05) is 37.6 Å². The lowest BCUT2D eigenvalue weighted by Gasteiger charge is -2.34. The first-order valence-corrected chi connectivity index (χ1v) is 9.71. The molecule has 3 heterocycles. The van der Waals surface area contributed by atoms with E-state index in [1.54, 1.807) is 11.3 Å². The van der Waals surface area contributed by atoms with Gasteiger partial charge in [-0.15, -0.1) is 11.3 Å². The molecular formula is C19H22N4O2S. The smallest absolute Gasteiger partial charge is 0.234 e. The van der Waals surface area contributed by atoms with Crippen LogP contribution < -0.4 is 10.2 Å². The molecule has 0 bridgehead atoms. The minimum atomic E-state index is -0.147. The van der Waals surface area contributed by atoms with E-state index in [0.717, 1.165) is 48.0 Å². The topological polar surface area (TPSA) is 61.6 Å². The first-order valence-electron chi connectivity index (χ1n) is 8.84. The van der Waals surface area contributed by atoms with E-state index >= 15 is 0 Å². The second kappa shape index (κ2) is 7.47. The molecule has 0 aliphatic carbocycles. The fraction of sp³-hybridized carbons (Fsp3) is 0.368. The second-order valence-electron chi connectivity index (χ2n) is 6.55. The number of hydrogen-bond donors (Lipinski definition) is 1. The molecule has 136 valence electrons. The first kappa shape index (κ1) is 17.1. The molecule has 1 fully saturated rings. The van der Waals surface area contributed by atoms with Gasteiger partial charge in [0, 0.05) is 43.1 Å². The maximum atomic E-state index is 12.4. The zero-order chi connectivity index (χ0) is 17.9. The number of amides is 1. The molecule has 0 saturated carbocycles. The molecule has 3 aromatic rings. The van der Waals surface area contributed by atoms with Crippen molar-refractivity contribution in [3.05, 3.63) is 47.7 Å². The van der Waals surface area contributed by atoms with Crippen molar-refractivity contribution in [3.63, 3.8) is 0 Å². The molecular weight excluding hydrogens is 348 g/mol. The molecule has 2 aromatic heterocycles. The summed E-state index contributed by atoms with van der Waals surface area (Å²) in [5.74, 6) is 0.814. The second-order valence-corrected chi connectivity index (χ2v) is 7.43. The number of nitrogens with one attached hydrogen (secondary N) is 1. The summed E-state index contributed by atoms with van der Waals surface area (Å²) in [6.45, 7) is 5.91. The molecule has 1 atom stereocenters. The van der Waals surface area contributed by atoms with Gasteiger partial charge in [-0.25, -0.2) is 4.98 Å². The maximum Gasteiger partial charge on any atom is 0.234 e.